The van der Waals surface area contributed by atoms with Crippen LogP contribution in [0.2, 0.25) is 0 Å². The van der Waals surface area contributed by atoms with Crippen molar-refractivity contribution >= 4 is 17.2 Å². The Kier molecular flexibility index (Phi) is 5.13. The number of benzene rings is 2. The molecule has 0 spiro atoms. The molecule has 2 aromatic rings. The highest BCUT2D eigenvalue weighted by atomic mass is 16.5. The quantitative estimate of drug-likeness (QED) is 0.350. The monoisotopic (exact) mass is 380 g/mol. The fourth-order valence-electron chi connectivity index (χ4n) is 4.50. The maximum Gasteiger partial charge on any atom is 0.170 e. The summed E-state index contributed by atoms with van der Waals surface area (Å²) in [7, 11) is 2.26. The lowest BCUT2D eigenvalue weighted by Gasteiger charge is -2.34. The Morgan fingerprint density at radius 3 is 2.64 bits per heavy atom. The number of likely N-dealkylation sites (tertiary alicyclic amines) is 1. The topological polar surface area (TPSA) is 74.3 Å². The van der Waals surface area contributed by atoms with Crippen molar-refractivity contribution in [3.05, 3.63) is 48.0 Å². The highest BCUT2D eigenvalue weighted by molar-refractivity contribution is 5.98. The maximum atomic E-state index is 8.98. The summed E-state index contributed by atoms with van der Waals surface area (Å²) in [5, 5.41) is 12.1. The largest absolute Gasteiger partial charge is 0.453 e. The fraction of sp³-hybridized carbons (Fsp3) is 0.409. The first-order chi connectivity index (χ1) is 13.6. The van der Waals surface area contributed by atoms with E-state index in [1.54, 1.807) is 0 Å². The van der Waals surface area contributed by atoms with Crippen LogP contribution in [0.5, 0.6) is 11.5 Å². The van der Waals surface area contributed by atoms with Crippen LogP contribution in [-0.4, -0.2) is 41.6 Å². The molecule has 1 fully saturated rings. The van der Waals surface area contributed by atoms with Crippen LogP contribution in [0.15, 0.2) is 47.6 Å². The number of amidine groups is 1. The molecular formula is C22H28N4O2. The summed E-state index contributed by atoms with van der Waals surface area (Å²) in [6, 6.07) is 15.1. The van der Waals surface area contributed by atoms with E-state index in [1.165, 1.54) is 19.3 Å². The Morgan fingerprint density at radius 2 is 1.89 bits per heavy atom. The second kappa shape index (κ2) is 7.72. The van der Waals surface area contributed by atoms with Gasteiger partial charge in [0.25, 0.3) is 0 Å². The van der Waals surface area contributed by atoms with Gasteiger partial charge in [-0.3, -0.25) is 0 Å². The van der Waals surface area contributed by atoms with Crippen molar-refractivity contribution in [3.63, 3.8) is 0 Å². The zero-order valence-corrected chi connectivity index (χ0v) is 16.5. The Bertz CT molecular complexity index is 883. The third-order valence-electron chi connectivity index (χ3n) is 6.17. The van der Waals surface area contributed by atoms with Crippen LogP contribution in [0.3, 0.4) is 0 Å². The van der Waals surface area contributed by atoms with Gasteiger partial charge < -0.3 is 25.5 Å². The van der Waals surface area contributed by atoms with Crippen molar-refractivity contribution in [1.82, 2.24) is 4.90 Å². The van der Waals surface area contributed by atoms with Gasteiger partial charge in [0.2, 0.25) is 0 Å². The van der Waals surface area contributed by atoms with Gasteiger partial charge >= 0.3 is 0 Å². The molecule has 4 rings (SSSR count). The van der Waals surface area contributed by atoms with Crippen molar-refractivity contribution < 1.29 is 9.94 Å². The number of hydrogen-bond acceptors (Lipinski definition) is 5. The Hall–Kier alpha value is -2.73. The lowest BCUT2D eigenvalue weighted by atomic mass is 10.1. The number of ether oxygens (including phenoxy) is 1. The number of nitrogens with zero attached hydrogens (tertiary/aromatic N) is 3. The Labute approximate surface area is 166 Å². The Morgan fingerprint density at radius 1 is 1.14 bits per heavy atom. The minimum Gasteiger partial charge on any atom is -0.453 e. The van der Waals surface area contributed by atoms with E-state index < -0.39 is 0 Å². The van der Waals surface area contributed by atoms with E-state index in [9.17, 15) is 0 Å². The molecule has 2 unspecified atom stereocenters. The molecule has 1 saturated heterocycles. The Balaban J connectivity index is 1.62. The first kappa shape index (κ1) is 18.6. The molecule has 28 heavy (non-hydrogen) atoms. The zero-order chi connectivity index (χ0) is 19.7. The number of hydrogen-bond donors (Lipinski definition) is 2. The summed E-state index contributed by atoms with van der Waals surface area (Å²) in [5.74, 6) is 1.64. The van der Waals surface area contributed by atoms with Gasteiger partial charge in [-0.15, -0.1) is 0 Å². The maximum absolute atomic E-state index is 8.98. The lowest BCUT2D eigenvalue weighted by molar-refractivity contribution is 0.228. The van der Waals surface area contributed by atoms with Gasteiger partial charge in [-0.25, -0.2) is 0 Å². The summed E-state index contributed by atoms with van der Waals surface area (Å²) in [6.45, 7) is 3.19. The SMILES string of the molecule is CCC1CCC(CCN2c3ccccc3Oc3cc(/C(N)=N\O)ccc32)N1C. The average molecular weight is 380 g/mol. The first-order valence-electron chi connectivity index (χ1n) is 10.0. The molecule has 3 N–H and O–H groups in total. The zero-order valence-electron chi connectivity index (χ0n) is 16.5. The number of oxime groups is 1. The number of fused-ring (bicyclic) bond motifs is 2. The molecule has 0 aliphatic carbocycles. The van der Waals surface area contributed by atoms with Gasteiger partial charge in [0.1, 0.15) is 0 Å². The molecule has 6 heteroatoms. The van der Waals surface area contributed by atoms with Crippen LogP contribution >= 0.6 is 0 Å². The molecule has 148 valence electrons. The van der Waals surface area contributed by atoms with Crippen molar-refractivity contribution in [1.29, 1.82) is 0 Å². The van der Waals surface area contributed by atoms with Crippen molar-refractivity contribution in [2.75, 3.05) is 18.5 Å². The minimum atomic E-state index is 0.0787. The summed E-state index contributed by atoms with van der Waals surface area (Å²) < 4.78 is 6.13. The van der Waals surface area contributed by atoms with E-state index >= 15 is 0 Å². The predicted molar refractivity (Wildman–Crippen MR) is 112 cm³/mol. The van der Waals surface area contributed by atoms with Gasteiger partial charge in [-0.1, -0.05) is 24.2 Å². The minimum absolute atomic E-state index is 0.0787. The number of nitrogens with two attached hydrogens (primary N) is 1. The van der Waals surface area contributed by atoms with Crippen LogP contribution in [0.1, 0.15) is 38.2 Å². The second-order valence-electron chi connectivity index (χ2n) is 7.64. The van der Waals surface area contributed by atoms with Crippen molar-refractivity contribution in [2.45, 2.75) is 44.7 Å². The summed E-state index contributed by atoms with van der Waals surface area (Å²) >= 11 is 0. The van der Waals surface area contributed by atoms with E-state index in [1.807, 2.05) is 36.4 Å². The van der Waals surface area contributed by atoms with Crippen LogP contribution < -0.4 is 15.4 Å². The molecule has 0 radical (unpaired) electrons. The highest BCUT2D eigenvalue weighted by Crippen LogP contribution is 2.47. The van der Waals surface area contributed by atoms with E-state index in [4.69, 9.17) is 15.7 Å². The van der Waals surface area contributed by atoms with E-state index in [0.717, 1.165) is 35.8 Å². The molecule has 6 nitrogen and oxygen atoms in total. The first-order valence-corrected chi connectivity index (χ1v) is 10.0. The van der Waals surface area contributed by atoms with E-state index in [0.29, 0.717) is 17.6 Å². The third-order valence-corrected chi connectivity index (χ3v) is 6.17. The summed E-state index contributed by atoms with van der Waals surface area (Å²) in [6.07, 6.45) is 4.86. The molecule has 0 aromatic heterocycles. The molecule has 2 aliphatic heterocycles. The molecule has 2 aliphatic rings. The van der Waals surface area contributed by atoms with Crippen molar-refractivity contribution in [2.24, 2.45) is 10.9 Å². The van der Waals surface area contributed by atoms with E-state index in [2.05, 4.69) is 35.0 Å². The molecule has 0 saturated carbocycles. The number of anilines is 2. The standard InChI is InChI=1S/C22H28N4O2/c1-3-16-9-10-17(25(16)2)12-13-26-18-6-4-5-7-20(18)28-21-14-15(22(23)24-27)8-11-19(21)26/h4-8,11,14,16-17,27H,3,9-10,12-13H2,1-2H3,(H2,23,24). The van der Waals surface area contributed by atoms with Crippen molar-refractivity contribution in [3.8, 4) is 11.5 Å². The molecule has 2 atom stereocenters. The summed E-state index contributed by atoms with van der Waals surface area (Å²) in [5.41, 5.74) is 8.50. The van der Waals surface area contributed by atoms with Gasteiger partial charge in [-0.2, -0.15) is 0 Å². The lowest BCUT2D eigenvalue weighted by Crippen LogP contribution is -2.34. The molecule has 2 heterocycles. The number of para-hydroxylation sites is 2. The molecule has 0 bridgehead atoms. The fourth-order valence-corrected chi connectivity index (χ4v) is 4.50. The number of rotatable bonds is 5. The van der Waals surface area contributed by atoms with Crippen LogP contribution in [0.4, 0.5) is 11.4 Å². The molecular weight excluding hydrogens is 352 g/mol. The van der Waals surface area contributed by atoms with Crippen LogP contribution in [-0.2, 0) is 0 Å². The highest BCUT2D eigenvalue weighted by Gasteiger charge is 2.31. The van der Waals surface area contributed by atoms with Gasteiger partial charge in [0.15, 0.2) is 17.3 Å². The van der Waals surface area contributed by atoms with Gasteiger partial charge in [0, 0.05) is 24.2 Å². The molecule has 0 amide bonds. The second-order valence-corrected chi connectivity index (χ2v) is 7.64. The summed E-state index contributed by atoms with van der Waals surface area (Å²) in [4.78, 5) is 4.88. The smallest absolute Gasteiger partial charge is 0.170 e. The van der Waals surface area contributed by atoms with Crippen LogP contribution in [0.25, 0.3) is 0 Å². The van der Waals surface area contributed by atoms with Gasteiger partial charge in [-0.05, 0) is 63.1 Å². The normalized spacial score (nSPS) is 21.9. The predicted octanol–water partition coefficient (Wildman–Crippen LogP) is 4.29. The molecule has 2 aromatic carbocycles. The van der Waals surface area contributed by atoms with Gasteiger partial charge in [0.05, 0.1) is 11.4 Å². The van der Waals surface area contributed by atoms with Crippen LogP contribution in [0, 0.1) is 0 Å². The van der Waals surface area contributed by atoms with E-state index in [-0.39, 0.29) is 5.84 Å². The third kappa shape index (κ3) is 3.29. The average Bonchev–Trinajstić information content (AvgIpc) is 3.09.